The van der Waals surface area contributed by atoms with Gasteiger partial charge in [0, 0.05) is 18.2 Å². The van der Waals surface area contributed by atoms with Crippen LogP contribution in [0.3, 0.4) is 0 Å². The number of rotatable bonds is 7. The van der Waals surface area contributed by atoms with Crippen molar-refractivity contribution in [3.8, 4) is 5.75 Å². The average Bonchev–Trinajstić information content (AvgIpc) is 2.38. The lowest BCUT2D eigenvalue weighted by Crippen LogP contribution is -2.39. The van der Waals surface area contributed by atoms with Crippen LogP contribution in [-0.4, -0.2) is 40.6 Å². The first-order valence-corrected chi connectivity index (χ1v) is 7.14. The van der Waals surface area contributed by atoms with Crippen molar-refractivity contribution in [1.29, 1.82) is 0 Å². The van der Waals surface area contributed by atoms with Gasteiger partial charge in [-0.15, -0.1) is 0 Å². The van der Waals surface area contributed by atoms with E-state index in [9.17, 15) is 9.59 Å². The molecule has 1 N–H and O–H groups in total. The molecule has 0 aromatic heterocycles. The van der Waals surface area contributed by atoms with Gasteiger partial charge < -0.3 is 14.7 Å². The Morgan fingerprint density at radius 1 is 1.19 bits per heavy atom. The quantitative estimate of drug-likeness (QED) is 0.839. The summed E-state index contributed by atoms with van der Waals surface area (Å²) in [6.07, 6.45) is 0.0167. The lowest BCUT2D eigenvalue weighted by Gasteiger charge is -2.27. The zero-order valence-electron chi connectivity index (χ0n) is 13.0. The van der Waals surface area contributed by atoms with E-state index in [-0.39, 0.29) is 24.5 Å². The first-order valence-electron chi connectivity index (χ1n) is 7.14. The van der Waals surface area contributed by atoms with E-state index < -0.39 is 5.97 Å². The zero-order valence-corrected chi connectivity index (χ0v) is 13.0. The molecule has 1 atom stereocenters. The topological polar surface area (TPSA) is 66.8 Å². The van der Waals surface area contributed by atoms with Crippen molar-refractivity contribution in [2.75, 3.05) is 6.54 Å². The van der Waals surface area contributed by atoms with Crippen LogP contribution in [0.5, 0.6) is 5.75 Å². The molecule has 0 heterocycles. The molecule has 0 radical (unpaired) electrons. The van der Waals surface area contributed by atoms with Crippen LogP contribution in [0.4, 0.5) is 0 Å². The molecular formula is C16H23NO4. The normalized spacial score (nSPS) is 12.0. The number of carbonyl (C=O) groups excluding carboxylic acids is 1. The van der Waals surface area contributed by atoms with Crippen LogP contribution in [0, 0.1) is 0 Å². The zero-order chi connectivity index (χ0) is 16.0. The van der Waals surface area contributed by atoms with Crippen molar-refractivity contribution in [2.45, 2.75) is 46.3 Å². The molecule has 0 saturated heterocycles. The number of ether oxygens (including phenoxy) is 1. The average molecular weight is 293 g/mol. The first kappa shape index (κ1) is 17.0. The van der Waals surface area contributed by atoms with Gasteiger partial charge >= 0.3 is 5.97 Å². The van der Waals surface area contributed by atoms with Crippen molar-refractivity contribution in [2.24, 2.45) is 0 Å². The molecule has 0 saturated carbocycles. The van der Waals surface area contributed by atoms with Crippen LogP contribution < -0.4 is 4.74 Å². The Morgan fingerprint density at radius 3 is 2.19 bits per heavy atom. The maximum atomic E-state index is 12.4. The molecule has 0 aliphatic rings. The van der Waals surface area contributed by atoms with Crippen LogP contribution in [0.2, 0.25) is 0 Å². The molecule has 116 valence electrons. The van der Waals surface area contributed by atoms with Gasteiger partial charge in [-0.1, -0.05) is 0 Å². The van der Waals surface area contributed by atoms with Crippen molar-refractivity contribution in [3.05, 3.63) is 29.8 Å². The van der Waals surface area contributed by atoms with Gasteiger partial charge in [0.2, 0.25) is 0 Å². The number of hydrogen-bond donors (Lipinski definition) is 1. The van der Waals surface area contributed by atoms with Gasteiger partial charge in [-0.3, -0.25) is 9.59 Å². The Morgan fingerprint density at radius 2 is 1.76 bits per heavy atom. The van der Waals surface area contributed by atoms with Crippen molar-refractivity contribution in [3.63, 3.8) is 0 Å². The van der Waals surface area contributed by atoms with Crippen molar-refractivity contribution < 1.29 is 19.4 Å². The molecule has 1 aromatic carbocycles. The summed E-state index contributed by atoms with van der Waals surface area (Å²) in [6.45, 7) is 7.92. The van der Waals surface area contributed by atoms with E-state index in [1.807, 2.05) is 20.8 Å². The predicted octanol–water partition coefficient (Wildman–Crippen LogP) is 2.80. The molecular weight excluding hydrogens is 270 g/mol. The van der Waals surface area contributed by atoms with Crippen LogP contribution in [0.1, 0.15) is 44.5 Å². The van der Waals surface area contributed by atoms with Gasteiger partial charge in [0.1, 0.15) is 5.75 Å². The largest absolute Gasteiger partial charge is 0.491 e. The van der Waals surface area contributed by atoms with Crippen molar-refractivity contribution >= 4 is 11.9 Å². The van der Waals surface area contributed by atoms with Crippen LogP contribution in [-0.2, 0) is 4.79 Å². The standard InChI is InChI=1S/C16H23NO4/c1-5-17(12(4)10-15(18)19)16(20)13-6-8-14(9-7-13)21-11(2)3/h6-9,11-12H,5,10H2,1-4H3,(H,18,19). The fraction of sp³-hybridized carbons (Fsp3) is 0.500. The molecule has 0 bridgehead atoms. The van der Waals surface area contributed by atoms with E-state index in [0.717, 1.165) is 0 Å². The van der Waals surface area contributed by atoms with Crippen LogP contribution >= 0.6 is 0 Å². The number of carbonyl (C=O) groups is 2. The molecule has 0 aliphatic heterocycles. The highest BCUT2D eigenvalue weighted by Crippen LogP contribution is 2.16. The van der Waals surface area contributed by atoms with Crippen LogP contribution in [0.15, 0.2) is 24.3 Å². The third kappa shape index (κ3) is 5.10. The number of aliphatic carboxylic acids is 1. The van der Waals surface area contributed by atoms with Gasteiger partial charge in [-0.25, -0.2) is 0 Å². The van der Waals surface area contributed by atoms with Gasteiger partial charge in [0.25, 0.3) is 5.91 Å². The summed E-state index contributed by atoms with van der Waals surface area (Å²) in [5.74, 6) is -0.361. The molecule has 1 aromatic rings. The minimum absolute atomic E-state index is 0.0614. The molecule has 0 fully saturated rings. The second-order valence-electron chi connectivity index (χ2n) is 5.23. The molecule has 1 unspecified atom stereocenters. The summed E-state index contributed by atoms with van der Waals surface area (Å²) in [6, 6.07) is 6.57. The molecule has 0 spiro atoms. The smallest absolute Gasteiger partial charge is 0.305 e. The lowest BCUT2D eigenvalue weighted by molar-refractivity contribution is -0.138. The highest BCUT2D eigenvalue weighted by atomic mass is 16.5. The Labute approximate surface area is 125 Å². The summed E-state index contributed by atoms with van der Waals surface area (Å²) in [5.41, 5.74) is 0.533. The predicted molar refractivity (Wildman–Crippen MR) is 80.6 cm³/mol. The van der Waals surface area contributed by atoms with E-state index in [2.05, 4.69) is 0 Å². The van der Waals surface area contributed by atoms with Gasteiger partial charge in [0.05, 0.1) is 12.5 Å². The number of carboxylic acids is 1. The summed E-state index contributed by atoms with van der Waals surface area (Å²) in [5, 5.41) is 8.85. The third-order valence-electron chi connectivity index (χ3n) is 3.08. The summed E-state index contributed by atoms with van der Waals surface area (Å²) < 4.78 is 5.53. The SMILES string of the molecule is CCN(C(=O)c1ccc(OC(C)C)cc1)C(C)CC(=O)O. The second-order valence-corrected chi connectivity index (χ2v) is 5.23. The van der Waals surface area contributed by atoms with Crippen LogP contribution in [0.25, 0.3) is 0 Å². The van der Waals surface area contributed by atoms with Gasteiger partial charge in [-0.05, 0) is 52.0 Å². The molecule has 1 rings (SSSR count). The van der Waals surface area contributed by atoms with E-state index in [1.54, 1.807) is 36.1 Å². The summed E-state index contributed by atoms with van der Waals surface area (Å²) in [7, 11) is 0. The first-order chi connectivity index (χ1) is 9.85. The highest BCUT2D eigenvalue weighted by Gasteiger charge is 2.21. The van der Waals surface area contributed by atoms with E-state index in [1.165, 1.54) is 0 Å². The molecule has 1 amide bonds. The molecule has 21 heavy (non-hydrogen) atoms. The Hall–Kier alpha value is -2.04. The number of benzene rings is 1. The Bertz CT molecular complexity index is 482. The minimum Gasteiger partial charge on any atom is -0.491 e. The molecule has 0 aliphatic carbocycles. The number of nitrogens with zero attached hydrogens (tertiary/aromatic N) is 1. The van der Waals surface area contributed by atoms with Gasteiger partial charge in [0.15, 0.2) is 0 Å². The van der Waals surface area contributed by atoms with Gasteiger partial charge in [-0.2, -0.15) is 0 Å². The minimum atomic E-state index is -0.908. The summed E-state index contributed by atoms with van der Waals surface area (Å²) in [4.78, 5) is 24.8. The third-order valence-corrected chi connectivity index (χ3v) is 3.08. The van der Waals surface area contributed by atoms with E-state index in [0.29, 0.717) is 17.9 Å². The number of amides is 1. The monoisotopic (exact) mass is 293 g/mol. The highest BCUT2D eigenvalue weighted by molar-refractivity contribution is 5.94. The maximum Gasteiger partial charge on any atom is 0.305 e. The maximum absolute atomic E-state index is 12.4. The molecule has 5 nitrogen and oxygen atoms in total. The Balaban J connectivity index is 2.82. The lowest BCUT2D eigenvalue weighted by atomic mass is 10.1. The second kappa shape index (κ2) is 7.67. The fourth-order valence-electron chi connectivity index (χ4n) is 2.13. The number of carboxylic acid groups (broad SMARTS) is 1. The number of hydrogen-bond acceptors (Lipinski definition) is 3. The van der Waals surface area contributed by atoms with Crippen molar-refractivity contribution in [1.82, 2.24) is 4.90 Å². The summed E-state index contributed by atoms with van der Waals surface area (Å²) >= 11 is 0. The fourth-order valence-corrected chi connectivity index (χ4v) is 2.13. The van der Waals surface area contributed by atoms with E-state index in [4.69, 9.17) is 9.84 Å². The van der Waals surface area contributed by atoms with E-state index >= 15 is 0 Å². The Kier molecular flexibility index (Phi) is 6.21. The molecule has 5 heteroatoms.